The van der Waals surface area contributed by atoms with Crippen LogP contribution in [0.3, 0.4) is 0 Å². The lowest BCUT2D eigenvalue weighted by atomic mass is 9.75. The van der Waals surface area contributed by atoms with Gasteiger partial charge >= 0.3 is 0 Å². The fourth-order valence-corrected chi connectivity index (χ4v) is 4.88. The smallest absolute Gasteiger partial charge is 0.119 e. The number of benzene rings is 2. The second-order valence-electron chi connectivity index (χ2n) is 8.93. The van der Waals surface area contributed by atoms with E-state index in [0.717, 1.165) is 43.8 Å². The highest BCUT2D eigenvalue weighted by Crippen LogP contribution is 2.42. The molecule has 3 unspecified atom stereocenters. The van der Waals surface area contributed by atoms with Gasteiger partial charge in [-0.25, -0.2) is 0 Å². The SMILES string of the molecule is CCCCC(c1ccccc1)N1CCC(O)(c2cccc(OC)c2)C(CN(C)C)C1. The lowest BCUT2D eigenvalue weighted by molar-refractivity contribution is -0.0937. The Labute approximate surface area is 182 Å². The van der Waals surface area contributed by atoms with E-state index in [1.165, 1.54) is 18.4 Å². The lowest BCUT2D eigenvalue weighted by Crippen LogP contribution is -2.53. The Bertz CT molecular complexity index is 780. The maximum absolute atomic E-state index is 11.9. The number of nitrogens with zero attached hydrogens (tertiary/aromatic N) is 2. The minimum Gasteiger partial charge on any atom is -0.497 e. The highest BCUT2D eigenvalue weighted by molar-refractivity contribution is 5.33. The summed E-state index contributed by atoms with van der Waals surface area (Å²) < 4.78 is 5.44. The van der Waals surface area contributed by atoms with Crippen LogP contribution in [0.2, 0.25) is 0 Å². The van der Waals surface area contributed by atoms with Gasteiger partial charge in [-0.05, 0) is 50.2 Å². The molecule has 0 aliphatic carbocycles. The maximum Gasteiger partial charge on any atom is 0.119 e. The van der Waals surface area contributed by atoms with E-state index in [4.69, 9.17) is 4.74 Å². The van der Waals surface area contributed by atoms with Crippen LogP contribution in [0.5, 0.6) is 5.75 Å². The molecule has 2 aromatic rings. The average Bonchev–Trinajstić information content (AvgIpc) is 2.76. The highest BCUT2D eigenvalue weighted by Gasteiger charge is 2.44. The summed E-state index contributed by atoms with van der Waals surface area (Å²) in [6.07, 6.45) is 4.31. The largest absolute Gasteiger partial charge is 0.497 e. The first-order chi connectivity index (χ1) is 14.5. The third-order valence-electron chi connectivity index (χ3n) is 6.52. The molecule has 3 atom stereocenters. The summed E-state index contributed by atoms with van der Waals surface area (Å²) in [6, 6.07) is 19.3. The molecule has 1 N–H and O–H groups in total. The molecule has 0 aromatic heterocycles. The molecule has 2 aromatic carbocycles. The zero-order chi connectivity index (χ0) is 21.6. The van der Waals surface area contributed by atoms with Gasteiger partial charge in [-0.1, -0.05) is 62.2 Å². The third-order valence-corrected chi connectivity index (χ3v) is 6.52. The van der Waals surface area contributed by atoms with Crippen molar-refractivity contribution in [2.24, 2.45) is 5.92 Å². The van der Waals surface area contributed by atoms with Crippen molar-refractivity contribution in [3.8, 4) is 5.75 Å². The standard InChI is InChI=1S/C26H38N2O2/c1-5-6-15-25(21-11-8-7-9-12-21)28-17-16-26(29,23(20-28)19-27(2)3)22-13-10-14-24(18-22)30-4/h7-14,18,23,25,29H,5-6,15-17,19-20H2,1-4H3. The predicted molar refractivity (Wildman–Crippen MR) is 124 cm³/mol. The van der Waals surface area contributed by atoms with E-state index in [0.29, 0.717) is 6.04 Å². The number of ether oxygens (including phenoxy) is 1. The molecule has 0 spiro atoms. The number of hydrogen-bond acceptors (Lipinski definition) is 4. The van der Waals surface area contributed by atoms with Crippen LogP contribution in [0.25, 0.3) is 0 Å². The van der Waals surface area contributed by atoms with E-state index < -0.39 is 5.60 Å². The van der Waals surface area contributed by atoms with Gasteiger partial charge in [-0.2, -0.15) is 0 Å². The number of hydrogen-bond donors (Lipinski definition) is 1. The molecule has 0 radical (unpaired) electrons. The number of rotatable bonds is 9. The molecule has 164 valence electrons. The van der Waals surface area contributed by atoms with Gasteiger partial charge in [0.15, 0.2) is 0 Å². The van der Waals surface area contributed by atoms with Crippen molar-refractivity contribution in [2.45, 2.75) is 44.2 Å². The molecule has 0 bridgehead atoms. The van der Waals surface area contributed by atoms with Gasteiger partial charge in [0.05, 0.1) is 12.7 Å². The Morgan fingerprint density at radius 3 is 2.60 bits per heavy atom. The first kappa shape index (κ1) is 22.8. The average molecular weight is 411 g/mol. The maximum atomic E-state index is 11.9. The minimum atomic E-state index is -0.846. The molecule has 1 fully saturated rings. The predicted octanol–water partition coefficient (Wildman–Crippen LogP) is 4.70. The van der Waals surface area contributed by atoms with Crippen molar-refractivity contribution in [2.75, 3.05) is 40.8 Å². The van der Waals surface area contributed by atoms with Gasteiger partial charge in [0.1, 0.15) is 5.75 Å². The first-order valence-electron chi connectivity index (χ1n) is 11.3. The van der Waals surface area contributed by atoms with Gasteiger partial charge in [0, 0.05) is 31.6 Å². The van der Waals surface area contributed by atoms with E-state index in [-0.39, 0.29) is 5.92 Å². The number of piperidine rings is 1. The van der Waals surface area contributed by atoms with Crippen molar-refractivity contribution < 1.29 is 9.84 Å². The van der Waals surface area contributed by atoms with Gasteiger partial charge in [0.2, 0.25) is 0 Å². The molecule has 1 heterocycles. The summed E-state index contributed by atoms with van der Waals surface area (Å²) in [4.78, 5) is 4.80. The zero-order valence-electron chi connectivity index (χ0n) is 19.1. The molecule has 3 rings (SSSR count). The number of aliphatic hydroxyl groups is 1. The summed E-state index contributed by atoms with van der Waals surface area (Å²) in [6.45, 7) is 4.88. The normalized spacial score (nSPS) is 23.5. The van der Waals surface area contributed by atoms with Crippen molar-refractivity contribution in [1.29, 1.82) is 0 Å². The van der Waals surface area contributed by atoms with E-state index in [9.17, 15) is 5.11 Å². The number of unbranched alkanes of at least 4 members (excludes halogenated alkanes) is 1. The quantitative estimate of drug-likeness (QED) is 0.650. The molecular weight excluding hydrogens is 372 g/mol. The molecule has 0 saturated carbocycles. The first-order valence-corrected chi connectivity index (χ1v) is 11.3. The fourth-order valence-electron chi connectivity index (χ4n) is 4.88. The van der Waals surface area contributed by atoms with Crippen molar-refractivity contribution in [3.63, 3.8) is 0 Å². The second-order valence-corrected chi connectivity index (χ2v) is 8.93. The van der Waals surface area contributed by atoms with Crippen molar-refractivity contribution in [3.05, 3.63) is 65.7 Å². The summed E-state index contributed by atoms with van der Waals surface area (Å²) >= 11 is 0. The molecule has 4 nitrogen and oxygen atoms in total. The van der Waals surface area contributed by atoms with Crippen molar-refractivity contribution >= 4 is 0 Å². The summed E-state index contributed by atoms with van der Waals surface area (Å²) in [5.41, 5.74) is 1.51. The molecule has 1 aliphatic rings. The van der Waals surface area contributed by atoms with Crippen LogP contribution in [-0.4, -0.2) is 55.7 Å². The Morgan fingerprint density at radius 2 is 1.93 bits per heavy atom. The minimum absolute atomic E-state index is 0.126. The monoisotopic (exact) mass is 410 g/mol. The molecule has 30 heavy (non-hydrogen) atoms. The number of methoxy groups -OCH3 is 1. The fraction of sp³-hybridized carbons (Fsp3) is 0.538. The lowest BCUT2D eigenvalue weighted by Gasteiger charge is -2.48. The van der Waals surface area contributed by atoms with Gasteiger partial charge in [0.25, 0.3) is 0 Å². The molecular formula is C26H38N2O2. The van der Waals surface area contributed by atoms with E-state index in [1.807, 2.05) is 24.3 Å². The number of likely N-dealkylation sites (tertiary alicyclic amines) is 1. The Kier molecular flexibility index (Phi) is 7.93. The molecule has 1 aliphatic heterocycles. The van der Waals surface area contributed by atoms with E-state index in [2.05, 4.69) is 61.2 Å². The van der Waals surface area contributed by atoms with E-state index in [1.54, 1.807) is 7.11 Å². The van der Waals surface area contributed by atoms with Gasteiger partial charge < -0.3 is 14.7 Å². The van der Waals surface area contributed by atoms with Crippen LogP contribution in [-0.2, 0) is 5.60 Å². The van der Waals surface area contributed by atoms with Crippen LogP contribution >= 0.6 is 0 Å². The Hall–Kier alpha value is -1.88. The Balaban J connectivity index is 1.89. The topological polar surface area (TPSA) is 35.9 Å². The van der Waals surface area contributed by atoms with Gasteiger partial charge in [-0.15, -0.1) is 0 Å². The molecule has 1 saturated heterocycles. The summed E-state index contributed by atoms with van der Waals surface area (Å²) in [7, 11) is 5.87. The van der Waals surface area contributed by atoms with Crippen LogP contribution in [0.4, 0.5) is 0 Å². The highest BCUT2D eigenvalue weighted by atomic mass is 16.5. The second kappa shape index (κ2) is 10.4. The Morgan fingerprint density at radius 1 is 1.17 bits per heavy atom. The van der Waals surface area contributed by atoms with Crippen LogP contribution < -0.4 is 4.74 Å². The van der Waals surface area contributed by atoms with E-state index >= 15 is 0 Å². The summed E-state index contributed by atoms with van der Waals surface area (Å²) in [5, 5.41) is 11.9. The summed E-state index contributed by atoms with van der Waals surface area (Å²) in [5.74, 6) is 0.929. The van der Waals surface area contributed by atoms with Crippen molar-refractivity contribution in [1.82, 2.24) is 9.80 Å². The van der Waals surface area contributed by atoms with Crippen LogP contribution in [0.1, 0.15) is 49.8 Å². The van der Waals surface area contributed by atoms with Gasteiger partial charge in [-0.3, -0.25) is 4.90 Å². The molecule has 4 heteroatoms. The zero-order valence-corrected chi connectivity index (χ0v) is 19.1. The van der Waals surface area contributed by atoms with Crippen LogP contribution in [0.15, 0.2) is 54.6 Å². The third kappa shape index (κ3) is 5.23. The van der Waals surface area contributed by atoms with Crippen LogP contribution in [0, 0.1) is 5.92 Å². The molecule has 0 amide bonds.